The first-order valence-corrected chi connectivity index (χ1v) is 7.67. The highest BCUT2D eigenvalue weighted by Crippen LogP contribution is 2.20. The van der Waals surface area contributed by atoms with E-state index >= 15 is 0 Å². The third kappa shape index (κ3) is 3.67. The molecule has 1 amide bonds. The van der Waals surface area contributed by atoms with E-state index < -0.39 is 0 Å². The number of aromatic nitrogens is 2. The second-order valence-electron chi connectivity index (χ2n) is 5.42. The Bertz CT molecular complexity index is 632. The second kappa shape index (κ2) is 7.11. The maximum Gasteiger partial charge on any atom is 0.270 e. The fourth-order valence-corrected chi connectivity index (χ4v) is 2.48. The van der Waals surface area contributed by atoms with Gasteiger partial charge in [-0.3, -0.25) is 9.48 Å². The van der Waals surface area contributed by atoms with E-state index in [2.05, 4.69) is 17.3 Å². The summed E-state index contributed by atoms with van der Waals surface area (Å²) in [4.78, 5) is 12.5. The minimum Gasteiger partial charge on any atom is -0.508 e. The number of nitrogens with one attached hydrogen (secondary N) is 1. The first-order valence-electron chi connectivity index (χ1n) is 7.67. The molecule has 22 heavy (non-hydrogen) atoms. The van der Waals surface area contributed by atoms with Gasteiger partial charge in [0, 0.05) is 7.05 Å². The molecule has 0 saturated carbocycles. The Morgan fingerprint density at radius 2 is 2.00 bits per heavy atom. The summed E-state index contributed by atoms with van der Waals surface area (Å²) < 4.78 is 1.63. The SMILES string of the molecule is CCCc1cc(C(=O)N[C@@H](CC)c2ccc(O)cc2)n(C)n1. The minimum absolute atomic E-state index is 0.0855. The summed E-state index contributed by atoms with van der Waals surface area (Å²) in [7, 11) is 1.79. The van der Waals surface area contributed by atoms with Gasteiger partial charge in [-0.1, -0.05) is 32.4 Å². The summed E-state index contributed by atoms with van der Waals surface area (Å²) in [5.41, 5.74) is 2.48. The normalized spacial score (nSPS) is 12.1. The van der Waals surface area contributed by atoms with E-state index in [1.165, 1.54) is 0 Å². The van der Waals surface area contributed by atoms with Crippen LogP contribution in [0.5, 0.6) is 5.75 Å². The molecule has 1 aromatic carbocycles. The Kier molecular flexibility index (Phi) is 5.20. The predicted octanol–water partition coefficient (Wildman–Crippen LogP) is 2.96. The molecule has 1 heterocycles. The molecule has 2 rings (SSSR count). The molecular weight excluding hydrogens is 278 g/mol. The van der Waals surface area contributed by atoms with Crippen LogP contribution in [0.1, 0.15) is 54.5 Å². The molecular formula is C17H23N3O2. The van der Waals surface area contributed by atoms with E-state index in [1.54, 1.807) is 23.9 Å². The van der Waals surface area contributed by atoms with Crippen molar-refractivity contribution in [2.24, 2.45) is 7.05 Å². The number of nitrogens with zero attached hydrogens (tertiary/aromatic N) is 2. The molecule has 2 N–H and O–H groups in total. The van der Waals surface area contributed by atoms with E-state index in [0.717, 1.165) is 30.5 Å². The fraction of sp³-hybridized carbons (Fsp3) is 0.412. The van der Waals surface area contributed by atoms with E-state index in [1.807, 2.05) is 25.1 Å². The zero-order valence-electron chi connectivity index (χ0n) is 13.3. The molecule has 0 unspecified atom stereocenters. The first-order chi connectivity index (χ1) is 10.5. The Morgan fingerprint density at radius 1 is 1.32 bits per heavy atom. The number of rotatable bonds is 6. The van der Waals surface area contributed by atoms with Crippen molar-refractivity contribution in [3.63, 3.8) is 0 Å². The average Bonchev–Trinajstić information content (AvgIpc) is 2.87. The number of hydrogen-bond acceptors (Lipinski definition) is 3. The summed E-state index contributed by atoms with van der Waals surface area (Å²) in [6.45, 7) is 4.11. The van der Waals surface area contributed by atoms with Crippen molar-refractivity contribution < 1.29 is 9.90 Å². The quantitative estimate of drug-likeness (QED) is 0.862. The lowest BCUT2D eigenvalue weighted by Crippen LogP contribution is -2.29. The van der Waals surface area contributed by atoms with Crippen LogP contribution in [0, 0.1) is 0 Å². The largest absolute Gasteiger partial charge is 0.508 e. The number of phenols is 1. The van der Waals surface area contributed by atoms with Crippen molar-refractivity contribution in [3.05, 3.63) is 47.3 Å². The van der Waals surface area contributed by atoms with Crippen molar-refractivity contribution in [1.29, 1.82) is 0 Å². The number of carbonyl (C=O) groups excluding carboxylic acids is 1. The molecule has 2 aromatic rings. The lowest BCUT2D eigenvalue weighted by Gasteiger charge is -2.17. The number of carbonyl (C=O) groups is 1. The Labute approximate surface area is 131 Å². The molecule has 0 fully saturated rings. The highest BCUT2D eigenvalue weighted by Gasteiger charge is 2.17. The number of phenolic OH excluding ortho intramolecular Hbond substituents is 1. The third-order valence-electron chi connectivity index (χ3n) is 3.68. The number of amides is 1. The lowest BCUT2D eigenvalue weighted by molar-refractivity contribution is 0.0926. The van der Waals surface area contributed by atoms with Gasteiger partial charge in [0.2, 0.25) is 0 Å². The van der Waals surface area contributed by atoms with Gasteiger partial charge in [-0.25, -0.2) is 0 Å². The fourth-order valence-electron chi connectivity index (χ4n) is 2.48. The molecule has 0 aliphatic rings. The number of benzene rings is 1. The maximum atomic E-state index is 12.5. The van der Waals surface area contributed by atoms with Crippen LogP contribution in [0.2, 0.25) is 0 Å². The number of aromatic hydroxyl groups is 1. The zero-order valence-corrected chi connectivity index (χ0v) is 13.3. The zero-order chi connectivity index (χ0) is 16.1. The van der Waals surface area contributed by atoms with Crippen LogP contribution in [0.3, 0.4) is 0 Å². The van der Waals surface area contributed by atoms with Crippen LogP contribution in [0.4, 0.5) is 0 Å². The average molecular weight is 301 g/mol. The van der Waals surface area contributed by atoms with E-state index in [0.29, 0.717) is 5.69 Å². The molecule has 0 saturated heterocycles. The highest BCUT2D eigenvalue weighted by atomic mass is 16.3. The van der Waals surface area contributed by atoms with Crippen LogP contribution in [0.15, 0.2) is 30.3 Å². The van der Waals surface area contributed by atoms with Gasteiger partial charge in [-0.05, 0) is 36.6 Å². The van der Waals surface area contributed by atoms with Gasteiger partial charge in [0.25, 0.3) is 5.91 Å². The smallest absolute Gasteiger partial charge is 0.270 e. The number of aryl methyl sites for hydroxylation is 2. The van der Waals surface area contributed by atoms with Gasteiger partial charge in [-0.2, -0.15) is 5.10 Å². The van der Waals surface area contributed by atoms with Crippen molar-refractivity contribution in [2.75, 3.05) is 0 Å². The molecule has 118 valence electrons. The molecule has 1 atom stereocenters. The monoisotopic (exact) mass is 301 g/mol. The summed E-state index contributed by atoms with van der Waals surface area (Å²) in [5.74, 6) is 0.0954. The molecule has 0 spiro atoms. The summed E-state index contributed by atoms with van der Waals surface area (Å²) in [6.07, 6.45) is 2.65. The second-order valence-corrected chi connectivity index (χ2v) is 5.42. The standard InChI is InChI=1S/C17H23N3O2/c1-4-6-13-11-16(20(3)19-13)17(22)18-15(5-2)12-7-9-14(21)10-8-12/h7-11,15,21H,4-6H2,1-3H3,(H,18,22)/t15-/m0/s1. The van der Waals surface area contributed by atoms with Crippen LogP contribution >= 0.6 is 0 Å². The van der Waals surface area contributed by atoms with Crippen LogP contribution in [-0.2, 0) is 13.5 Å². The Hall–Kier alpha value is -2.30. The number of hydrogen-bond donors (Lipinski definition) is 2. The summed E-state index contributed by atoms with van der Waals surface area (Å²) >= 11 is 0. The van der Waals surface area contributed by atoms with Gasteiger partial charge in [-0.15, -0.1) is 0 Å². The molecule has 5 heteroatoms. The van der Waals surface area contributed by atoms with Gasteiger partial charge in [0.05, 0.1) is 11.7 Å². The van der Waals surface area contributed by atoms with Gasteiger partial charge in [0.1, 0.15) is 11.4 Å². The molecule has 0 radical (unpaired) electrons. The van der Waals surface area contributed by atoms with Crippen LogP contribution in [-0.4, -0.2) is 20.8 Å². The molecule has 5 nitrogen and oxygen atoms in total. The van der Waals surface area contributed by atoms with Gasteiger partial charge < -0.3 is 10.4 Å². The van der Waals surface area contributed by atoms with Crippen molar-refractivity contribution in [2.45, 2.75) is 39.2 Å². The molecule has 0 aliphatic carbocycles. The van der Waals surface area contributed by atoms with E-state index in [-0.39, 0.29) is 17.7 Å². The lowest BCUT2D eigenvalue weighted by atomic mass is 10.0. The van der Waals surface area contributed by atoms with Crippen LogP contribution < -0.4 is 5.32 Å². The molecule has 0 bridgehead atoms. The topological polar surface area (TPSA) is 67.2 Å². The summed E-state index contributed by atoms with van der Waals surface area (Å²) in [6, 6.07) is 8.69. The van der Waals surface area contributed by atoms with E-state index in [9.17, 15) is 9.90 Å². The van der Waals surface area contributed by atoms with Crippen molar-refractivity contribution in [3.8, 4) is 5.75 Å². The molecule has 0 aliphatic heterocycles. The minimum atomic E-state index is -0.128. The van der Waals surface area contributed by atoms with Gasteiger partial charge >= 0.3 is 0 Å². The predicted molar refractivity (Wildman–Crippen MR) is 85.8 cm³/mol. The first kappa shape index (κ1) is 16.1. The van der Waals surface area contributed by atoms with Crippen LogP contribution in [0.25, 0.3) is 0 Å². The van der Waals surface area contributed by atoms with E-state index in [4.69, 9.17) is 0 Å². The summed E-state index contributed by atoms with van der Waals surface area (Å²) in [5, 5.41) is 16.8. The van der Waals surface area contributed by atoms with Crippen molar-refractivity contribution in [1.82, 2.24) is 15.1 Å². The van der Waals surface area contributed by atoms with Crippen molar-refractivity contribution >= 4 is 5.91 Å². The highest BCUT2D eigenvalue weighted by molar-refractivity contribution is 5.92. The Balaban J connectivity index is 2.13. The Morgan fingerprint density at radius 3 is 2.59 bits per heavy atom. The van der Waals surface area contributed by atoms with Gasteiger partial charge in [0.15, 0.2) is 0 Å². The third-order valence-corrected chi connectivity index (χ3v) is 3.68. The molecule has 1 aromatic heterocycles. The maximum absolute atomic E-state index is 12.5.